The molecule has 4 rings (SSSR count). The van der Waals surface area contributed by atoms with Crippen LogP contribution in [0.15, 0.2) is 66.9 Å². The minimum Gasteiger partial charge on any atom is -0.484 e. The summed E-state index contributed by atoms with van der Waals surface area (Å²) in [7, 11) is 1.61. The molecule has 2 aromatic carbocycles. The number of benzene rings is 2. The van der Waals surface area contributed by atoms with Crippen LogP contribution in [0, 0.1) is 0 Å². The number of ether oxygens (including phenoxy) is 2. The molecule has 0 saturated carbocycles. The molecule has 34 heavy (non-hydrogen) atoms. The molecule has 0 fully saturated rings. The third-order valence-electron chi connectivity index (χ3n) is 6.11. The first kappa shape index (κ1) is 23.8. The summed E-state index contributed by atoms with van der Waals surface area (Å²) in [6.07, 6.45) is 7.50. The number of hydrogen-bond acceptors (Lipinski definition) is 5. The summed E-state index contributed by atoms with van der Waals surface area (Å²) in [6.45, 7) is 2.38. The van der Waals surface area contributed by atoms with Gasteiger partial charge in [-0.15, -0.1) is 0 Å². The van der Waals surface area contributed by atoms with Crippen molar-refractivity contribution in [3.63, 3.8) is 0 Å². The second-order valence-electron chi connectivity index (χ2n) is 8.52. The highest BCUT2D eigenvalue weighted by molar-refractivity contribution is 5.95. The highest BCUT2D eigenvalue weighted by Gasteiger charge is 2.20. The first-order valence-corrected chi connectivity index (χ1v) is 12.1. The fourth-order valence-corrected chi connectivity index (χ4v) is 4.23. The lowest BCUT2D eigenvalue weighted by molar-refractivity contribution is -0.120. The molecule has 6 nitrogen and oxygen atoms in total. The number of fused-ring (bicyclic) bond motifs is 1. The number of para-hydroxylation sites is 1. The average molecular weight is 460 g/mol. The maximum Gasteiger partial charge on any atom is 0.264 e. The number of anilines is 1. The van der Waals surface area contributed by atoms with Gasteiger partial charge >= 0.3 is 0 Å². The number of hydrogen-bond donors (Lipinski definition) is 1. The van der Waals surface area contributed by atoms with Gasteiger partial charge < -0.3 is 19.7 Å². The number of rotatable bonds is 5. The molecule has 1 amide bonds. The molecule has 0 aliphatic carbocycles. The van der Waals surface area contributed by atoms with E-state index >= 15 is 0 Å². The Hall–Kier alpha value is -3.38. The highest BCUT2D eigenvalue weighted by atomic mass is 16.5. The van der Waals surface area contributed by atoms with Crippen molar-refractivity contribution in [1.29, 1.82) is 0 Å². The van der Waals surface area contributed by atoms with E-state index in [1.165, 1.54) is 19.3 Å². The molecular weight excluding hydrogens is 426 g/mol. The van der Waals surface area contributed by atoms with Gasteiger partial charge in [-0.1, -0.05) is 43.5 Å². The summed E-state index contributed by atoms with van der Waals surface area (Å²) in [5.41, 5.74) is 4.12. The first-order chi connectivity index (χ1) is 16.7. The smallest absolute Gasteiger partial charge is 0.264 e. The number of nitrogens with zero attached hydrogens (tertiary/aromatic N) is 2. The Morgan fingerprint density at radius 3 is 2.56 bits per heavy atom. The predicted octanol–water partition coefficient (Wildman–Crippen LogP) is 5.22. The van der Waals surface area contributed by atoms with Gasteiger partial charge in [0.05, 0.1) is 7.11 Å². The van der Waals surface area contributed by atoms with Crippen LogP contribution >= 0.6 is 0 Å². The summed E-state index contributed by atoms with van der Waals surface area (Å²) in [4.78, 5) is 19.6. The standard InChI is InChI=1S/C28H33N3O3/c1-33-27-15-13-23(20-30-27)22-12-14-26-24(18-22)19-29-16-8-3-2-4-9-17-31(26)28(32)21-34-25-10-6-5-7-11-25/h5-7,10-15,18,20,29H,2-4,8-9,16-17,19,21H2,1H3. The summed E-state index contributed by atoms with van der Waals surface area (Å²) in [5.74, 6) is 1.27. The summed E-state index contributed by atoms with van der Waals surface area (Å²) in [6, 6.07) is 19.7. The van der Waals surface area contributed by atoms with E-state index in [4.69, 9.17) is 9.47 Å². The van der Waals surface area contributed by atoms with Gasteiger partial charge in [0.25, 0.3) is 5.91 Å². The zero-order valence-corrected chi connectivity index (χ0v) is 19.8. The number of nitrogens with one attached hydrogen (secondary N) is 1. The van der Waals surface area contributed by atoms with Gasteiger partial charge in [-0.3, -0.25) is 4.79 Å². The number of carbonyl (C=O) groups excluding carboxylic acids is 1. The molecule has 6 heteroatoms. The third kappa shape index (κ3) is 6.35. The Bertz CT molecular complexity index is 1050. The van der Waals surface area contributed by atoms with Crippen molar-refractivity contribution in [2.24, 2.45) is 0 Å². The van der Waals surface area contributed by atoms with Crippen LogP contribution in [0.4, 0.5) is 5.69 Å². The Morgan fingerprint density at radius 1 is 0.971 bits per heavy atom. The zero-order valence-electron chi connectivity index (χ0n) is 19.8. The molecule has 1 aliphatic rings. The normalized spacial score (nSPS) is 14.9. The molecule has 0 radical (unpaired) electrons. The molecule has 0 unspecified atom stereocenters. The van der Waals surface area contributed by atoms with Crippen molar-refractivity contribution in [2.75, 3.05) is 31.7 Å². The number of carbonyl (C=O) groups is 1. The molecule has 0 atom stereocenters. The van der Waals surface area contributed by atoms with Crippen molar-refractivity contribution in [2.45, 2.75) is 38.6 Å². The Morgan fingerprint density at radius 2 is 1.76 bits per heavy atom. The van der Waals surface area contributed by atoms with Crippen LogP contribution in [0.1, 0.15) is 37.7 Å². The highest BCUT2D eigenvalue weighted by Crippen LogP contribution is 2.29. The lowest BCUT2D eigenvalue weighted by Crippen LogP contribution is -2.37. The molecule has 3 aromatic rings. The molecule has 1 aliphatic heterocycles. The first-order valence-electron chi connectivity index (χ1n) is 12.1. The lowest BCUT2D eigenvalue weighted by atomic mass is 10.0. The van der Waals surface area contributed by atoms with Gasteiger partial charge in [0.15, 0.2) is 6.61 Å². The second kappa shape index (κ2) is 12.2. The lowest BCUT2D eigenvalue weighted by Gasteiger charge is -2.27. The van der Waals surface area contributed by atoms with Gasteiger partial charge in [0.2, 0.25) is 5.88 Å². The fourth-order valence-electron chi connectivity index (χ4n) is 4.23. The maximum absolute atomic E-state index is 13.3. The molecule has 0 spiro atoms. The van der Waals surface area contributed by atoms with E-state index in [1.54, 1.807) is 7.11 Å². The minimum atomic E-state index is -0.0268. The van der Waals surface area contributed by atoms with Crippen molar-refractivity contribution in [1.82, 2.24) is 10.3 Å². The van der Waals surface area contributed by atoms with E-state index in [9.17, 15) is 4.79 Å². The Kier molecular flexibility index (Phi) is 8.52. The van der Waals surface area contributed by atoms with Crippen LogP contribution in [0.3, 0.4) is 0 Å². The van der Waals surface area contributed by atoms with Gasteiger partial charge in [0.1, 0.15) is 5.75 Å². The maximum atomic E-state index is 13.3. The molecule has 178 valence electrons. The summed E-state index contributed by atoms with van der Waals surface area (Å²) < 4.78 is 11.0. The minimum absolute atomic E-state index is 0.0149. The number of pyridine rings is 1. The van der Waals surface area contributed by atoms with E-state index < -0.39 is 0 Å². The van der Waals surface area contributed by atoms with Gasteiger partial charge in [0, 0.05) is 36.6 Å². The van der Waals surface area contributed by atoms with E-state index in [1.807, 2.05) is 53.6 Å². The van der Waals surface area contributed by atoms with E-state index in [2.05, 4.69) is 28.5 Å². The van der Waals surface area contributed by atoms with E-state index in [0.29, 0.717) is 24.7 Å². The topological polar surface area (TPSA) is 63.7 Å². The van der Waals surface area contributed by atoms with Crippen LogP contribution in [0.25, 0.3) is 11.1 Å². The molecule has 2 heterocycles. The summed E-state index contributed by atoms with van der Waals surface area (Å²) in [5, 5.41) is 3.57. The molecule has 0 saturated heterocycles. The Balaban J connectivity index is 1.61. The quantitative estimate of drug-likeness (QED) is 0.567. The largest absolute Gasteiger partial charge is 0.484 e. The van der Waals surface area contributed by atoms with Crippen molar-refractivity contribution in [3.8, 4) is 22.8 Å². The number of methoxy groups -OCH3 is 1. The zero-order chi connectivity index (χ0) is 23.6. The van der Waals surface area contributed by atoms with Gasteiger partial charge in [-0.05, 0) is 60.8 Å². The summed E-state index contributed by atoms with van der Waals surface area (Å²) >= 11 is 0. The van der Waals surface area contributed by atoms with Crippen molar-refractivity contribution < 1.29 is 14.3 Å². The van der Waals surface area contributed by atoms with Gasteiger partial charge in [-0.2, -0.15) is 0 Å². The van der Waals surface area contributed by atoms with Crippen LogP contribution in [-0.4, -0.2) is 37.7 Å². The number of aromatic nitrogens is 1. The van der Waals surface area contributed by atoms with Crippen LogP contribution < -0.4 is 19.7 Å². The molecule has 0 bridgehead atoms. The SMILES string of the molecule is COc1ccc(-c2ccc3c(c2)CNCCCCCCCN3C(=O)COc2ccccc2)cn1. The van der Waals surface area contributed by atoms with Gasteiger partial charge in [-0.25, -0.2) is 4.98 Å². The predicted molar refractivity (Wildman–Crippen MR) is 135 cm³/mol. The molecule has 1 aromatic heterocycles. The fraction of sp³-hybridized carbons (Fsp3) is 0.357. The number of amides is 1. The van der Waals surface area contributed by atoms with Crippen molar-refractivity contribution >= 4 is 11.6 Å². The molecular formula is C28H33N3O3. The van der Waals surface area contributed by atoms with Crippen LogP contribution in [-0.2, 0) is 11.3 Å². The second-order valence-corrected chi connectivity index (χ2v) is 8.52. The average Bonchev–Trinajstić information content (AvgIpc) is 2.88. The van der Waals surface area contributed by atoms with Crippen molar-refractivity contribution in [3.05, 3.63) is 72.4 Å². The Labute approximate surface area is 201 Å². The van der Waals surface area contributed by atoms with Crippen LogP contribution in [0.2, 0.25) is 0 Å². The third-order valence-corrected chi connectivity index (χ3v) is 6.11. The van der Waals surface area contributed by atoms with E-state index in [0.717, 1.165) is 41.8 Å². The monoisotopic (exact) mass is 459 g/mol. The van der Waals surface area contributed by atoms with Crippen LogP contribution in [0.5, 0.6) is 11.6 Å². The molecule has 1 N–H and O–H groups in total. The van der Waals surface area contributed by atoms with E-state index in [-0.39, 0.29) is 12.5 Å².